The van der Waals surface area contributed by atoms with Crippen LogP contribution >= 0.6 is 0 Å². The van der Waals surface area contributed by atoms with Gasteiger partial charge in [0.25, 0.3) is 0 Å². The second-order valence-corrected chi connectivity index (χ2v) is 13.9. The summed E-state index contributed by atoms with van der Waals surface area (Å²) in [6.45, 7) is 6.01. The van der Waals surface area contributed by atoms with Crippen LogP contribution in [0.4, 0.5) is 0 Å². The van der Waals surface area contributed by atoms with Gasteiger partial charge in [-0.2, -0.15) is 0 Å². The van der Waals surface area contributed by atoms with Gasteiger partial charge in [0.2, 0.25) is 15.9 Å². The van der Waals surface area contributed by atoms with Crippen molar-refractivity contribution in [3.63, 3.8) is 0 Å². The predicted octanol–water partition coefficient (Wildman–Crippen LogP) is 4.67. The fraction of sp³-hybridized carbons (Fsp3) is 0.515. The summed E-state index contributed by atoms with van der Waals surface area (Å²) in [5.74, 6) is 0.212. The molecule has 3 aromatic rings. The standard InChI is InChI=1S/C33H43N3O6S/c1-22(2)31-21-42-18-17-36(31)33(38)25-10-13-27(14-11-25)34-43(39,40)28-15-12-26-19-29(35(3)30(26)20-28)24-8-5-23(6-9-24)7-16-32(37)41-4/h5-6,8-9,12,15,19-20,22,25,27,31,34H,7,10-11,13-14,16-18,21H2,1-4H3. The van der Waals surface area contributed by atoms with E-state index in [1.54, 1.807) is 12.1 Å². The van der Waals surface area contributed by atoms with Crippen molar-refractivity contribution in [3.8, 4) is 11.3 Å². The van der Waals surface area contributed by atoms with Crippen molar-refractivity contribution >= 4 is 32.8 Å². The number of aromatic nitrogens is 1. The van der Waals surface area contributed by atoms with Crippen molar-refractivity contribution in [3.05, 3.63) is 54.1 Å². The molecule has 232 valence electrons. The van der Waals surface area contributed by atoms with Gasteiger partial charge in [0.05, 0.1) is 31.3 Å². The lowest BCUT2D eigenvalue weighted by molar-refractivity contribution is -0.147. The highest BCUT2D eigenvalue weighted by Gasteiger charge is 2.36. The largest absolute Gasteiger partial charge is 0.469 e. The molecule has 1 N–H and O–H groups in total. The molecule has 1 saturated carbocycles. The van der Waals surface area contributed by atoms with Crippen LogP contribution in [0.15, 0.2) is 53.4 Å². The van der Waals surface area contributed by atoms with Crippen LogP contribution in [0.3, 0.4) is 0 Å². The summed E-state index contributed by atoms with van der Waals surface area (Å²) < 4.78 is 42.1. The van der Waals surface area contributed by atoms with Gasteiger partial charge in [-0.25, -0.2) is 13.1 Å². The summed E-state index contributed by atoms with van der Waals surface area (Å²) >= 11 is 0. The van der Waals surface area contributed by atoms with Crippen molar-refractivity contribution in [2.45, 2.75) is 69.4 Å². The third kappa shape index (κ3) is 6.97. The molecule has 2 fully saturated rings. The van der Waals surface area contributed by atoms with E-state index < -0.39 is 10.0 Å². The molecule has 2 aliphatic rings. The quantitative estimate of drug-likeness (QED) is 0.354. The van der Waals surface area contributed by atoms with E-state index in [1.807, 2.05) is 46.8 Å². The van der Waals surface area contributed by atoms with Crippen LogP contribution in [0.2, 0.25) is 0 Å². The third-order valence-electron chi connectivity index (χ3n) is 9.04. The Labute approximate surface area is 254 Å². The molecule has 2 aromatic carbocycles. The lowest BCUT2D eigenvalue weighted by Crippen LogP contribution is -2.53. The summed E-state index contributed by atoms with van der Waals surface area (Å²) in [4.78, 5) is 27.0. The van der Waals surface area contributed by atoms with Gasteiger partial charge < -0.3 is 18.9 Å². The number of carbonyl (C=O) groups excluding carboxylic acids is 2. The SMILES string of the molecule is COC(=O)CCc1ccc(-c2cc3ccc(S(=O)(=O)NC4CCC(C(=O)N5CCOCC5C(C)C)CC4)cc3n2C)cc1. The maximum atomic E-state index is 13.4. The van der Waals surface area contributed by atoms with Crippen LogP contribution in [-0.2, 0) is 42.6 Å². The summed E-state index contributed by atoms with van der Waals surface area (Å²) in [6.07, 6.45) is 3.57. The smallest absolute Gasteiger partial charge is 0.305 e. The maximum Gasteiger partial charge on any atom is 0.305 e. The number of hydrogen-bond acceptors (Lipinski definition) is 6. The molecule has 10 heteroatoms. The number of amides is 1. The molecule has 1 aliphatic carbocycles. The van der Waals surface area contributed by atoms with Crippen molar-refractivity contribution in [2.24, 2.45) is 18.9 Å². The molecule has 1 amide bonds. The zero-order chi connectivity index (χ0) is 30.7. The number of morpholine rings is 1. The van der Waals surface area contributed by atoms with Crippen molar-refractivity contribution < 1.29 is 27.5 Å². The highest BCUT2D eigenvalue weighted by Crippen LogP contribution is 2.32. The first-order valence-corrected chi connectivity index (χ1v) is 16.7. The van der Waals surface area contributed by atoms with Gasteiger partial charge in [-0.15, -0.1) is 0 Å². The fourth-order valence-corrected chi connectivity index (χ4v) is 7.70. The third-order valence-corrected chi connectivity index (χ3v) is 10.6. The van der Waals surface area contributed by atoms with Gasteiger partial charge in [-0.3, -0.25) is 9.59 Å². The number of nitrogens with one attached hydrogen (secondary N) is 1. The fourth-order valence-electron chi connectivity index (χ4n) is 6.37. The number of esters is 1. The van der Waals surface area contributed by atoms with Gasteiger partial charge in [0, 0.05) is 48.6 Å². The van der Waals surface area contributed by atoms with Crippen molar-refractivity contribution in [1.82, 2.24) is 14.2 Å². The molecule has 1 aliphatic heterocycles. The summed E-state index contributed by atoms with van der Waals surface area (Å²) in [7, 11) is -0.412. The van der Waals surface area contributed by atoms with E-state index >= 15 is 0 Å². The zero-order valence-corrected chi connectivity index (χ0v) is 26.4. The Kier molecular flexibility index (Phi) is 9.58. The van der Waals surface area contributed by atoms with Crippen LogP contribution in [0.5, 0.6) is 0 Å². The first-order chi connectivity index (χ1) is 20.6. The number of rotatable bonds is 9. The molecule has 0 bridgehead atoms. The average Bonchev–Trinajstić information content (AvgIpc) is 3.35. The second-order valence-electron chi connectivity index (χ2n) is 12.2. The first-order valence-electron chi connectivity index (χ1n) is 15.2. The Hall–Kier alpha value is -3.21. The number of fused-ring (bicyclic) bond motifs is 1. The van der Waals surface area contributed by atoms with E-state index in [9.17, 15) is 18.0 Å². The monoisotopic (exact) mass is 609 g/mol. The second kappa shape index (κ2) is 13.2. The number of benzene rings is 2. The minimum absolute atomic E-state index is 0.0693. The van der Waals surface area contributed by atoms with Crippen LogP contribution in [0.1, 0.15) is 51.5 Å². The minimum Gasteiger partial charge on any atom is -0.469 e. The molecule has 1 unspecified atom stereocenters. The Morgan fingerprint density at radius 2 is 1.77 bits per heavy atom. The Bertz CT molecular complexity index is 1560. The summed E-state index contributed by atoms with van der Waals surface area (Å²) in [5, 5.41) is 0.952. The molecule has 9 nitrogen and oxygen atoms in total. The highest BCUT2D eigenvalue weighted by atomic mass is 32.2. The Balaban J connectivity index is 1.23. The van der Waals surface area contributed by atoms with Crippen LogP contribution < -0.4 is 4.72 Å². The van der Waals surface area contributed by atoms with Crippen LogP contribution in [0, 0.1) is 11.8 Å². The highest BCUT2D eigenvalue weighted by molar-refractivity contribution is 7.89. The van der Waals surface area contributed by atoms with E-state index in [0.29, 0.717) is 64.2 Å². The molecule has 1 aromatic heterocycles. The average molecular weight is 610 g/mol. The molecule has 2 heterocycles. The molecule has 0 spiro atoms. The van der Waals surface area contributed by atoms with Crippen LogP contribution in [-0.4, -0.2) is 68.7 Å². The normalized spacial score (nSPS) is 21.3. The van der Waals surface area contributed by atoms with E-state index in [0.717, 1.165) is 27.7 Å². The number of sulfonamides is 1. The minimum atomic E-state index is -3.74. The van der Waals surface area contributed by atoms with Gasteiger partial charge in [-0.1, -0.05) is 44.2 Å². The van der Waals surface area contributed by atoms with Crippen molar-refractivity contribution in [1.29, 1.82) is 0 Å². The lowest BCUT2D eigenvalue weighted by atomic mass is 9.85. The molecule has 1 atom stereocenters. The summed E-state index contributed by atoms with van der Waals surface area (Å²) in [5.41, 5.74) is 3.85. The lowest BCUT2D eigenvalue weighted by Gasteiger charge is -2.41. The predicted molar refractivity (Wildman–Crippen MR) is 166 cm³/mol. The zero-order valence-electron chi connectivity index (χ0n) is 25.5. The molecule has 43 heavy (non-hydrogen) atoms. The Morgan fingerprint density at radius 3 is 2.44 bits per heavy atom. The molecular formula is C33H43N3O6S. The van der Waals surface area contributed by atoms with E-state index in [1.165, 1.54) is 7.11 Å². The van der Waals surface area contributed by atoms with E-state index in [2.05, 4.69) is 24.6 Å². The molecule has 0 radical (unpaired) electrons. The number of methoxy groups -OCH3 is 1. The number of aryl methyl sites for hydroxylation is 2. The summed E-state index contributed by atoms with van der Waals surface area (Å²) in [6, 6.07) is 15.2. The topological polar surface area (TPSA) is 107 Å². The Morgan fingerprint density at radius 1 is 1.05 bits per heavy atom. The molecular weight excluding hydrogens is 566 g/mol. The maximum absolute atomic E-state index is 13.4. The first kappa shape index (κ1) is 31.2. The van der Waals surface area contributed by atoms with Crippen LogP contribution in [0.25, 0.3) is 22.2 Å². The van der Waals surface area contributed by atoms with Gasteiger partial charge in [0.15, 0.2) is 0 Å². The molecule has 1 saturated heterocycles. The number of hydrogen-bond donors (Lipinski definition) is 1. The van der Waals surface area contributed by atoms with E-state index in [4.69, 9.17) is 9.47 Å². The van der Waals surface area contributed by atoms with Gasteiger partial charge in [-0.05, 0) is 67.3 Å². The van der Waals surface area contributed by atoms with Crippen molar-refractivity contribution in [2.75, 3.05) is 26.9 Å². The number of carbonyl (C=O) groups is 2. The molecule has 5 rings (SSSR count). The number of ether oxygens (including phenoxy) is 2. The van der Waals surface area contributed by atoms with Gasteiger partial charge in [0.1, 0.15) is 0 Å². The van der Waals surface area contributed by atoms with Gasteiger partial charge >= 0.3 is 5.97 Å². The number of nitrogens with zero attached hydrogens (tertiary/aromatic N) is 2. The van der Waals surface area contributed by atoms with E-state index in [-0.39, 0.29) is 34.8 Å².